The molecule has 1 fully saturated rings. The van der Waals surface area contributed by atoms with Crippen LogP contribution in [0.4, 0.5) is 10.2 Å². The first kappa shape index (κ1) is 16.2. The summed E-state index contributed by atoms with van der Waals surface area (Å²) in [6.07, 6.45) is -3.01. The number of nitrogens with two attached hydrogens (primary N) is 1. The molecule has 25 heavy (non-hydrogen) atoms. The number of nitrogen functional groups attached to an aromatic ring is 1. The van der Waals surface area contributed by atoms with E-state index in [0.717, 1.165) is 0 Å². The molecule has 4 atom stereocenters. The van der Waals surface area contributed by atoms with Crippen LogP contribution in [0.2, 0.25) is 0 Å². The molecule has 3 heterocycles. The van der Waals surface area contributed by atoms with Crippen molar-refractivity contribution in [3.8, 4) is 0 Å². The van der Waals surface area contributed by atoms with Crippen molar-refractivity contribution in [1.29, 1.82) is 0 Å². The van der Waals surface area contributed by atoms with Crippen molar-refractivity contribution in [1.82, 2.24) is 19.5 Å². The number of carbonyl (C=O) groups excluding carboxylic acids is 1. The molecule has 1 saturated heterocycles. The van der Waals surface area contributed by atoms with E-state index in [4.69, 9.17) is 16.6 Å². The Balaban J connectivity index is 1.75. The molecule has 3 N–H and O–H groups in total. The summed E-state index contributed by atoms with van der Waals surface area (Å²) in [5, 5.41) is 10.1. The van der Waals surface area contributed by atoms with Gasteiger partial charge in [0.15, 0.2) is 23.9 Å². The van der Waals surface area contributed by atoms with Gasteiger partial charge in [0.2, 0.25) is 0 Å². The molecule has 0 bridgehead atoms. The minimum atomic E-state index is -1.78. The van der Waals surface area contributed by atoms with E-state index in [2.05, 4.69) is 15.0 Å². The van der Waals surface area contributed by atoms with Crippen LogP contribution < -0.4 is 5.73 Å². The van der Waals surface area contributed by atoms with Gasteiger partial charge < -0.3 is 20.3 Å². The fourth-order valence-corrected chi connectivity index (χ4v) is 2.47. The predicted octanol–water partition coefficient (Wildman–Crippen LogP) is 0.594. The summed E-state index contributed by atoms with van der Waals surface area (Å²) < 4.78 is 33.9. The Bertz CT molecular complexity index is 816. The number of halogens is 1. The summed E-state index contributed by atoms with van der Waals surface area (Å²) in [5.74, 6) is -0.471. The van der Waals surface area contributed by atoms with Gasteiger partial charge in [0.05, 0.1) is 11.7 Å². The Morgan fingerprint density at radius 1 is 1.56 bits per heavy atom. The maximum Gasteiger partial charge on any atom is 0.311 e. The number of aliphatic hydroxyl groups is 1. The fourth-order valence-electron chi connectivity index (χ4n) is 2.47. The molecule has 9 nitrogen and oxygen atoms in total. The molecule has 1 aliphatic rings. The average Bonchev–Trinajstić information content (AvgIpc) is 3.16. The average molecular weight is 354 g/mol. The van der Waals surface area contributed by atoms with Crippen LogP contribution in [0, 0.1) is 5.41 Å². The Hall–Kier alpha value is -2.33. The van der Waals surface area contributed by atoms with E-state index in [1.54, 1.807) is 13.8 Å². The SMILES string of the molecule is [2H]CC(C)(C)C(=O)OC[C@H]1OC(n2cnc3c(N)ncnc32)[C@H](F)[C@@H]1O. The van der Waals surface area contributed by atoms with Crippen LogP contribution in [-0.2, 0) is 14.3 Å². The lowest BCUT2D eigenvalue weighted by molar-refractivity contribution is -0.159. The quantitative estimate of drug-likeness (QED) is 0.767. The number of anilines is 1. The lowest BCUT2D eigenvalue weighted by Crippen LogP contribution is -2.34. The minimum absolute atomic E-state index is 0.144. The molecule has 3 rings (SSSR count). The second-order valence-electron chi connectivity index (χ2n) is 6.57. The lowest BCUT2D eigenvalue weighted by Gasteiger charge is -2.20. The van der Waals surface area contributed by atoms with Crippen LogP contribution in [0.15, 0.2) is 12.7 Å². The van der Waals surface area contributed by atoms with Crippen LogP contribution in [-0.4, -0.2) is 55.6 Å². The molecule has 2 aromatic rings. The zero-order valence-electron chi connectivity index (χ0n) is 14.8. The number of alkyl halides is 1. The molecule has 0 saturated carbocycles. The largest absolute Gasteiger partial charge is 0.462 e. The van der Waals surface area contributed by atoms with Gasteiger partial charge in [-0.15, -0.1) is 0 Å². The normalized spacial score (nSPS) is 27.4. The van der Waals surface area contributed by atoms with Crippen LogP contribution >= 0.6 is 0 Å². The summed E-state index contributed by atoms with van der Waals surface area (Å²) in [6, 6.07) is 0. The maximum atomic E-state index is 14.6. The fraction of sp³-hybridized carbons (Fsp3) is 0.600. The first-order valence-corrected chi connectivity index (χ1v) is 7.63. The van der Waals surface area contributed by atoms with Crippen LogP contribution in [0.25, 0.3) is 11.2 Å². The third-order valence-corrected chi connectivity index (χ3v) is 3.89. The van der Waals surface area contributed by atoms with Gasteiger partial charge in [0, 0.05) is 1.37 Å². The third kappa shape index (κ3) is 3.14. The molecule has 10 heteroatoms. The van der Waals surface area contributed by atoms with E-state index in [1.165, 1.54) is 17.2 Å². The number of hydrogen-bond acceptors (Lipinski definition) is 8. The minimum Gasteiger partial charge on any atom is -0.462 e. The van der Waals surface area contributed by atoms with E-state index < -0.39 is 36.0 Å². The van der Waals surface area contributed by atoms with E-state index in [1.807, 2.05) is 0 Å². The lowest BCUT2D eigenvalue weighted by atomic mass is 9.97. The second-order valence-corrected chi connectivity index (χ2v) is 6.57. The third-order valence-electron chi connectivity index (χ3n) is 3.89. The van der Waals surface area contributed by atoms with Crippen molar-refractivity contribution in [2.24, 2.45) is 5.41 Å². The van der Waals surface area contributed by atoms with Crippen molar-refractivity contribution in [2.75, 3.05) is 12.3 Å². The number of aromatic nitrogens is 4. The van der Waals surface area contributed by atoms with Gasteiger partial charge in [-0.1, -0.05) is 0 Å². The molecule has 2 aromatic heterocycles. The second kappa shape index (κ2) is 6.19. The number of rotatable bonds is 3. The molecule has 0 spiro atoms. The van der Waals surface area contributed by atoms with Gasteiger partial charge >= 0.3 is 5.97 Å². The van der Waals surface area contributed by atoms with Gasteiger partial charge in [-0.05, 0) is 20.7 Å². The van der Waals surface area contributed by atoms with Crippen LogP contribution in [0.3, 0.4) is 0 Å². The van der Waals surface area contributed by atoms with Gasteiger partial charge in [0.25, 0.3) is 0 Å². The van der Waals surface area contributed by atoms with Gasteiger partial charge in [-0.2, -0.15) is 0 Å². The highest BCUT2D eigenvalue weighted by atomic mass is 19.1. The Morgan fingerprint density at radius 3 is 3.04 bits per heavy atom. The monoisotopic (exact) mass is 354 g/mol. The number of aliphatic hydroxyl groups excluding tert-OH is 1. The zero-order chi connectivity index (χ0) is 19.1. The predicted molar refractivity (Wildman–Crippen MR) is 85.0 cm³/mol. The number of esters is 1. The zero-order valence-corrected chi connectivity index (χ0v) is 13.8. The molecule has 0 amide bonds. The highest BCUT2D eigenvalue weighted by Gasteiger charge is 2.46. The van der Waals surface area contributed by atoms with E-state index in [9.17, 15) is 14.3 Å². The molecule has 0 radical (unpaired) electrons. The Kier molecular flexibility index (Phi) is 4.00. The van der Waals surface area contributed by atoms with Crippen molar-refractivity contribution >= 4 is 23.0 Å². The van der Waals surface area contributed by atoms with E-state index in [-0.39, 0.29) is 25.0 Å². The first-order chi connectivity index (χ1) is 12.3. The molecule has 1 aliphatic heterocycles. The van der Waals surface area contributed by atoms with Gasteiger partial charge in [-0.3, -0.25) is 9.36 Å². The highest BCUT2D eigenvalue weighted by molar-refractivity contribution is 5.81. The van der Waals surface area contributed by atoms with Crippen molar-refractivity contribution in [3.63, 3.8) is 0 Å². The summed E-state index contributed by atoms with van der Waals surface area (Å²) >= 11 is 0. The highest BCUT2D eigenvalue weighted by Crippen LogP contribution is 2.34. The standard InChI is InChI=1S/C15H20FN5O4/c1-15(2,3)14(23)24-4-7-10(22)8(16)13(25-7)21-6-20-9-11(17)18-5-19-12(9)21/h5-8,10,13,22H,4H2,1-3H3,(H2,17,18,19)/t7-,8-,10-,13?/m1/s1/i1D. The number of fused-ring (bicyclic) bond motifs is 1. The maximum absolute atomic E-state index is 14.6. The summed E-state index contributed by atoms with van der Waals surface area (Å²) in [4.78, 5) is 23.8. The van der Waals surface area contributed by atoms with Crippen LogP contribution in [0.1, 0.15) is 28.3 Å². The van der Waals surface area contributed by atoms with Crippen molar-refractivity contribution in [2.45, 2.75) is 45.4 Å². The molecular formula is C15H20FN5O4. The topological polar surface area (TPSA) is 125 Å². The number of nitrogens with zero attached hydrogens (tertiary/aromatic N) is 4. The van der Waals surface area contributed by atoms with Crippen molar-refractivity contribution < 1.29 is 25.1 Å². The smallest absolute Gasteiger partial charge is 0.311 e. The Morgan fingerprint density at radius 2 is 2.32 bits per heavy atom. The number of imidazole rings is 1. The van der Waals surface area contributed by atoms with Gasteiger partial charge in [-0.25, -0.2) is 19.3 Å². The summed E-state index contributed by atoms with van der Waals surface area (Å²) in [7, 11) is 0. The first-order valence-electron chi connectivity index (χ1n) is 8.34. The van der Waals surface area contributed by atoms with Crippen LogP contribution in [0.5, 0.6) is 0 Å². The number of hydrogen-bond donors (Lipinski definition) is 2. The number of ether oxygens (including phenoxy) is 2. The summed E-state index contributed by atoms with van der Waals surface area (Å²) in [6.45, 7) is 2.65. The molecular weight excluding hydrogens is 333 g/mol. The van der Waals surface area contributed by atoms with Gasteiger partial charge in [0.1, 0.15) is 30.7 Å². The molecule has 1 unspecified atom stereocenters. The van der Waals surface area contributed by atoms with E-state index in [0.29, 0.717) is 5.52 Å². The number of carbonyl (C=O) groups is 1. The van der Waals surface area contributed by atoms with Crippen molar-refractivity contribution in [3.05, 3.63) is 12.7 Å². The summed E-state index contributed by atoms with van der Waals surface area (Å²) in [5.41, 5.74) is 5.28. The molecule has 0 aliphatic carbocycles. The van der Waals surface area contributed by atoms with E-state index >= 15 is 0 Å². The molecule has 0 aromatic carbocycles. The Labute approximate surface area is 144 Å². The molecule has 136 valence electrons.